The van der Waals surface area contributed by atoms with E-state index in [4.69, 9.17) is 0 Å². The Bertz CT molecular complexity index is 293. The number of nitrogens with one attached hydrogen (secondary N) is 2. The molecule has 1 aliphatic rings. The van der Waals surface area contributed by atoms with E-state index in [1.807, 2.05) is 18.3 Å². The minimum atomic E-state index is 0.338. The van der Waals surface area contributed by atoms with E-state index in [9.17, 15) is 0 Å². The first-order valence-corrected chi connectivity index (χ1v) is 6.24. The Morgan fingerprint density at radius 2 is 2.44 bits per heavy atom. The Morgan fingerprint density at radius 3 is 3.12 bits per heavy atom. The second-order valence-corrected chi connectivity index (χ2v) is 4.53. The molecule has 0 aliphatic carbocycles. The van der Waals surface area contributed by atoms with Crippen LogP contribution in [0.3, 0.4) is 0 Å². The Hall–Kier alpha value is -0.930. The first-order valence-electron chi connectivity index (χ1n) is 6.24. The van der Waals surface area contributed by atoms with E-state index in [1.165, 1.54) is 25.8 Å². The monoisotopic (exact) mass is 219 g/mol. The average molecular weight is 219 g/mol. The van der Waals surface area contributed by atoms with Gasteiger partial charge in [-0.05, 0) is 38.4 Å². The van der Waals surface area contributed by atoms with Gasteiger partial charge in [0.2, 0.25) is 0 Å². The molecule has 3 nitrogen and oxygen atoms in total. The van der Waals surface area contributed by atoms with Gasteiger partial charge in [0.15, 0.2) is 0 Å². The van der Waals surface area contributed by atoms with E-state index < -0.39 is 0 Å². The van der Waals surface area contributed by atoms with Crippen LogP contribution in [0.1, 0.15) is 37.9 Å². The molecule has 1 aromatic rings. The van der Waals surface area contributed by atoms with E-state index in [0.717, 1.165) is 12.2 Å². The van der Waals surface area contributed by atoms with Crippen LogP contribution in [0.5, 0.6) is 0 Å². The summed E-state index contributed by atoms with van der Waals surface area (Å²) in [5.41, 5.74) is 1.12. The number of rotatable bonds is 4. The summed E-state index contributed by atoms with van der Waals surface area (Å²) in [6.45, 7) is 4.38. The third-order valence-electron chi connectivity index (χ3n) is 3.21. The molecule has 0 unspecified atom stereocenters. The van der Waals surface area contributed by atoms with Crippen LogP contribution in [0.25, 0.3) is 0 Å². The Morgan fingerprint density at radius 1 is 1.50 bits per heavy atom. The maximum Gasteiger partial charge on any atom is 0.0570 e. The molecule has 0 bridgehead atoms. The molecule has 2 rings (SSSR count). The van der Waals surface area contributed by atoms with Crippen LogP contribution in [0.15, 0.2) is 24.4 Å². The molecule has 0 radical (unpaired) electrons. The van der Waals surface area contributed by atoms with Crippen molar-refractivity contribution in [1.82, 2.24) is 15.6 Å². The van der Waals surface area contributed by atoms with Crippen LogP contribution in [0.4, 0.5) is 0 Å². The van der Waals surface area contributed by atoms with E-state index in [0.29, 0.717) is 12.1 Å². The molecule has 2 atom stereocenters. The molecule has 2 N–H and O–H groups in total. The van der Waals surface area contributed by atoms with E-state index >= 15 is 0 Å². The van der Waals surface area contributed by atoms with Gasteiger partial charge in [-0.2, -0.15) is 0 Å². The maximum absolute atomic E-state index is 4.36. The van der Waals surface area contributed by atoms with E-state index in [2.05, 4.69) is 28.6 Å². The largest absolute Gasteiger partial charge is 0.313 e. The number of nitrogens with zero attached hydrogens (tertiary/aromatic N) is 1. The van der Waals surface area contributed by atoms with E-state index in [1.54, 1.807) is 0 Å². The fourth-order valence-corrected chi connectivity index (χ4v) is 2.15. The zero-order valence-corrected chi connectivity index (χ0v) is 9.95. The Balaban J connectivity index is 1.77. The zero-order valence-electron chi connectivity index (χ0n) is 9.95. The molecule has 1 aromatic heterocycles. The highest BCUT2D eigenvalue weighted by molar-refractivity contribution is 5.07. The summed E-state index contributed by atoms with van der Waals surface area (Å²) in [6.07, 6.45) is 5.83. The fourth-order valence-electron chi connectivity index (χ4n) is 2.15. The van der Waals surface area contributed by atoms with Crippen molar-refractivity contribution < 1.29 is 0 Å². The first-order chi connectivity index (χ1) is 7.86. The molecule has 2 heterocycles. The smallest absolute Gasteiger partial charge is 0.0570 e. The number of pyridine rings is 1. The lowest BCUT2D eigenvalue weighted by Crippen LogP contribution is -2.42. The van der Waals surface area contributed by atoms with Gasteiger partial charge in [-0.1, -0.05) is 12.5 Å². The molecule has 1 saturated heterocycles. The molecule has 1 aliphatic heterocycles. The molecule has 0 aromatic carbocycles. The summed E-state index contributed by atoms with van der Waals surface area (Å²) >= 11 is 0. The van der Waals surface area contributed by atoms with Gasteiger partial charge in [0.1, 0.15) is 0 Å². The van der Waals surface area contributed by atoms with Crippen molar-refractivity contribution in [3.05, 3.63) is 30.1 Å². The third kappa shape index (κ3) is 3.29. The highest BCUT2D eigenvalue weighted by Gasteiger charge is 2.13. The SMILES string of the molecule is C[C@@H](NC[C@H]1CCCCN1)c1ccccn1. The molecule has 1 fully saturated rings. The van der Waals surface area contributed by atoms with Crippen molar-refractivity contribution in [2.45, 2.75) is 38.3 Å². The average Bonchev–Trinajstić information content (AvgIpc) is 2.38. The second-order valence-electron chi connectivity index (χ2n) is 4.53. The molecule has 16 heavy (non-hydrogen) atoms. The van der Waals surface area contributed by atoms with Crippen LogP contribution >= 0.6 is 0 Å². The third-order valence-corrected chi connectivity index (χ3v) is 3.21. The minimum Gasteiger partial charge on any atom is -0.313 e. The van der Waals surface area contributed by atoms with Crippen molar-refractivity contribution >= 4 is 0 Å². The molecular formula is C13H21N3. The highest BCUT2D eigenvalue weighted by atomic mass is 15.0. The van der Waals surface area contributed by atoms with Gasteiger partial charge in [-0.3, -0.25) is 4.98 Å². The predicted molar refractivity (Wildman–Crippen MR) is 66.3 cm³/mol. The Labute approximate surface area is 97.7 Å². The van der Waals surface area contributed by atoms with Crippen molar-refractivity contribution in [1.29, 1.82) is 0 Å². The number of piperidine rings is 1. The summed E-state index contributed by atoms with van der Waals surface area (Å²) in [4.78, 5) is 4.36. The van der Waals surface area contributed by atoms with Crippen LogP contribution < -0.4 is 10.6 Å². The fraction of sp³-hybridized carbons (Fsp3) is 0.615. The van der Waals surface area contributed by atoms with Crippen LogP contribution in [0.2, 0.25) is 0 Å². The van der Waals surface area contributed by atoms with Crippen molar-refractivity contribution in [2.24, 2.45) is 0 Å². The molecule has 88 valence electrons. The standard InChI is InChI=1S/C13H21N3/c1-11(13-7-3-5-9-15-13)16-10-12-6-2-4-8-14-12/h3,5,7,9,11-12,14,16H,2,4,6,8,10H2,1H3/t11-,12-/m1/s1. The topological polar surface area (TPSA) is 37.0 Å². The summed E-state index contributed by atoms with van der Waals surface area (Å²) in [7, 11) is 0. The quantitative estimate of drug-likeness (QED) is 0.812. The number of hydrogen-bond acceptors (Lipinski definition) is 3. The molecule has 0 spiro atoms. The van der Waals surface area contributed by atoms with Gasteiger partial charge in [0.25, 0.3) is 0 Å². The summed E-state index contributed by atoms with van der Waals surface area (Å²) in [5, 5.41) is 7.09. The van der Waals surface area contributed by atoms with Gasteiger partial charge >= 0.3 is 0 Å². The summed E-state index contributed by atoms with van der Waals surface area (Å²) < 4.78 is 0. The summed E-state index contributed by atoms with van der Waals surface area (Å²) in [5.74, 6) is 0. The molecule has 0 saturated carbocycles. The van der Waals surface area contributed by atoms with E-state index in [-0.39, 0.29) is 0 Å². The Kier molecular flexibility index (Phi) is 4.31. The summed E-state index contributed by atoms with van der Waals surface area (Å²) in [6, 6.07) is 7.05. The molecule has 3 heteroatoms. The van der Waals surface area contributed by atoms with Gasteiger partial charge in [0.05, 0.1) is 5.69 Å². The lowest BCUT2D eigenvalue weighted by molar-refractivity contribution is 0.370. The molecule has 0 amide bonds. The zero-order chi connectivity index (χ0) is 11.2. The predicted octanol–water partition coefficient (Wildman–Crippen LogP) is 1.87. The number of aromatic nitrogens is 1. The maximum atomic E-state index is 4.36. The number of hydrogen-bond donors (Lipinski definition) is 2. The lowest BCUT2D eigenvalue weighted by Gasteiger charge is -2.25. The van der Waals surface area contributed by atoms with Crippen molar-refractivity contribution in [3.8, 4) is 0 Å². The van der Waals surface area contributed by atoms with Crippen LogP contribution in [0, 0.1) is 0 Å². The van der Waals surface area contributed by atoms with Crippen molar-refractivity contribution in [2.75, 3.05) is 13.1 Å². The van der Waals surface area contributed by atoms with Gasteiger partial charge in [-0.25, -0.2) is 0 Å². The first kappa shape index (κ1) is 11.6. The van der Waals surface area contributed by atoms with Crippen LogP contribution in [-0.4, -0.2) is 24.1 Å². The highest BCUT2D eigenvalue weighted by Crippen LogP contribution is 2.10. The minimum absolute atomic E-state index is 0.338. The van der Waals surface area contributed by atoms with Crippen LogP contribution in [-0.2, 0) is 0 Å². The lowest BCUT2D eigenvalue weighted by atomic mass is 10.0. The van der Waals surface area contributed by atoms with Crippen molar-refractivity contribution in [3.63, 3.8) is 0 Å². The van der Waals surface area contributed by atoms with Gasteiger partial charge in [0, 0.05) is 24.8 Å². The van der Waals surface area contributed by atoms with Gasteiger partial charge < -0.3 is 10.6 Å². The molecular weight excluding hydrogens is 198 g/mol. The normalized spacial score (nSPS) is 22.9. The second kappa shape index (κ2) is 5.97. The van der Waals surface area contributed by atoms with Gasteiger partial charge in [-0.15, -0.1) is 0 Å².